The van der Waals surface area contributed by atoms with Crippen LogP contribution in [0.5, 0.6) is 5.75 Å². The zero-order valence-corrected chi connectivity index (χ0v) is 15.3. The van der Waals surface area contributed by atoms with Crippen LogP contribution in [0, 0.1) is 12.8 Å². The van der Waals surface area contributed by atoms with E-state index >= 15 is 0 Å². The number of nitrogens with zero attached hydrogens (tertiary/aromatic N) is 2. The highest BCUT2D eigenvalue weighted by molar-refractivity contribution is 5.77. The second-order valence-electron chi connectivity index (χ2n) is 6.75. The summed E-state index contributed by atoms with van der Waals surface area (Å²) in [5.41, 5.74) is 1.18. The molecule has 0 bridgehead atoms. The van der Waals surface area contributed by atoms with Crippen molar-refractivity contribution in [2.24, 2.45) is 5.92 Å². The molecule has 0 aromatic heterocycles. The maximum Gasteiger partial charge on any atom is 0.257 e. The van der Waals surface area contributed by atoms with Crippen molar-refractivity contribution in [3.8, 4) is 5.75 Å². The van der Waals surface area contributed by atoms with E-state index in [2.05, 4.69) is 29.0 Å². The van der Waals surface area contributed by atoms with E-state index in [9.17, 15) is 4.79 Å². The zero-order chi connectivity index (χ0) is 17.4. The summed E-state index contributed by atoms with van der Waals surface area (Å²) in [5, 5.41) is 2.97. The Morgan fingerprint density at radius 1 is 1.17 bits per heavy atom. The standard InChI is InChI=1S/C19H31N3O2/c1-4-21-9-11-22(12-10-21)14-17(3)13-20-19(23)15-24-18-7-5-16(2)6-8-18/h5-8,17H,4,9-15H2,1-3H3,(H,20,23)/t17-/m0/s1. The van der Waals surface area contributed by atoms with Gasteiger partial charge in [0, 0.05) is 39.3 Å². The van der Waals surface area contributed by atoms with Crippen LogP contribution in [0.3, 0.4) is 0 Å². The molecule has 1 amide bonds. The van der Waals surface area contributed by atoms with E-state index in [-0.39, 0.29) is 12.5 Å². The molecule has 1 aliphatic rings. The number of carbonyl (C=O) groups excluding carboxylic acids is 1. The van der Waals surface area contributed by atoms with Crippen LogP contribution in [0.4, 0.5) is 0 Å². The number of likely N-dealkylation sites (N-methyl/N-ethyl adjacent to an activating group) is 1. The summed E-state index contributed by atoms with van der Waals surface area (Å²) in [6.07, 6.45) is 0. The molecule has 0 unspecified atom stereocenters. The van der Waals surface area contributed by atoms with Gasteiger partial charge in [0.2, 0.25) is 0 Å². The molecule has 0 saturated carbocycles. The Bertz CT molecular complexity index is 496. The Kier molecular flexibility index (Phi) is 7.53. The number of aryl methyl sites for hydroxylation is 1. The highest BCUT2D eigenvalue weighted by Gasteiger charge is 2.17. The van der Waals surface area contributed by atoms with Crippen LogP contribution in [0.15, 0.2) is 24.3 Å². The summed E-state index contributed by atoms with van der Waals surface area (Å²) in [5.74, 6) is 1.12. The van der Waals surface area contributed by atoms with Crippen molar-refractivity contribution in [2.75, 3.05) is 52.4 Å². The van der Waals surface area contributed by atoms with Gasteiger partial charge in [0.15, 0.2) is 6.61 Å². The molecule has 5 nitrogen and oxygen atoms in total. The third-order valence-electron chi connectivity index (χ3n) is 4.52. The molecule has 1 saturated heterocycles. The fraction of sp³-hybridized carbons (Fsp3) is 0.632. The molecule has 0 aliphatic carbocycles. The van der Waals surface area contributed by atoms with E-state index in [1.54, 1.807) is 0 Å². The first-order valence-electron chi connectivity index (χ1n) is 8.97. The van der Waals surface area contributed by atoms with Crippen molar-refractivity contribution >= 4 is 5.91 Å². The highest BCUT2D eigenvalue weighted by atomic mass is 16.5. The van der Waals surface area contributed by atoms with Gasteiger partial charge in [-0.05, 0) is 31.5 Å². The van der Waals surface area contributed by atoms with E-state index in [1.807, 2.05) is 31.2 Å². The van der Waals surface area contributed by atoms with Crippen molar-refractivity contribution in [3.63, 3.8) is 0 Å². The quantitative estimate of drug-likeness (QED) is 0.787. The van der Waals surface area contributed by atoms with Gasteiger partial charge in [0.05, 0.1) is 0 Å². The van der Waals surface area contributed by atoms with E-state index in [1.165, 1.54) is 5.56 Å². The lowest BCUT2D eigenvalue weighted by atomic mass is 10.1. The van der Waals surface area contributed by atoms with Crippen molar-refractivity contribution in [3.05, 3.63) is 29.8 Å². The Morgan fingerprint density at radius 2 is 1.79 bits per heavy atom. The number of carbonyl (C=O) groups is 1. The normalized spacial score (nSPS) is 17.5. The molecule has 2 rings (SSSR count). The molecule has 24 heavy (non-hydrogen) atoms. The first kappa shape index (κ1) is 18.7. The zero-order valence-electron chi connectivity index (χ0n) is 15.3. The van der Waals surface area contributed by atoms with Crippen molar-refractivity contribution in [1.29, 1.82) is 0 Å². The fourth-order valence-electron chi connectivity index (χ4n) is 2.92. The molecule has 0 spiro atoms. The Hall–Kier alpha value is -1.59. The maximum absolute atomic E-state index is 11.9. The van der Waals surface area contributed by atoms with Gasteiger partial charge in [-0.25, -0.2) is 0 Å². The second kappa shape index (κ2) is 9.64. The number of hydrogen-bond acceptors (Lipinski definition) is 4. The number of ether oxygens (including phenoxy) is 1. The number of nitrogens with one attached hydrogen (secondary N) is 1. The predicted octanol–water partition coefficient (Wildman–Crippen LogP) is 1.76. The maximum atomic E-state index is 11.9. The topological polar surface area (TPSA) is 44.8 Å². The first-order valence-corrected chi connectivity index (χ1v) is 8.97. The molecule has 134 valence electrons. The molecule has 1 N–H and O–H groups in total. The van der Waals surface area contributed by atoms with Gasteiger partial charge in [-0.3, -0.25) is 4.79 Å². The van der Waals surface area contributed by atoms with Gasteiger partial charge in [-0.2, -0.15) is 0 Å². The monoisotopic (exact) mass is 333 g/mol. The van der Waals surface area contributed by atoms with Crippen LogP contribution >= 0.6 is 0 Å². The summed E-state index contributed by atoms with van der Waals surface area (Å²) in [4.78, 5) is 16.9. The van der Waals surface area contributed by atoms with Crippen LogP contribution < -0.4 is 10.1 Å². The minimum Gasteiger partial charge on any atom is -0.484 e. The van der Waals surface area contributed by atoms with E-state index in [0.717, 1.165) is 45.0 Å². The fourth-order valence-corrected chi connectivity index (χ4v) is 2.92. The van der Waals surface area contributed by atoms with Crippen molar-refractivity contribution in [2.45, 2.75) is 20.8 Å². The summed E-state index contributed by atoms with van der Waals surface area (Å²) >= 11 is 0. The number of piperazine rings is 1. The third-order valence-corrected chi connectivity index (χ3v) is 4.52. The number of amides is 1. The number of hydrogen-bond donors (Lipinski definition) is 1. The van der Waals surface area contributed by atoms with E-state index in [4.69, 9.17) is 4.74 Å². The van der Waals surface area contributed by atoms with Gasteiger partial charge < -0.3 is 19.9 Å². The van der Waals surface area contributed by atoms with Crippen LogP contribution in [0.25, 0.3) is 0 Å². The molecule has 1 fully saturated rings. The number of benzene rings is 1. The Labute approximate surface area is 146 Å². The highest BCUT2D eigenvalue weighted by Crippen LogP contribution is 2.11. The van der Waals surface area contributed by atoms with Gasteiger partial charge in [0.25, 0.3) is 5.91 Å². The molecule has 1 aliphatic heterocycles. The second-order valence-corrected chi connectivity index (χ2v) is 6.75. The molecule has 5 heteroatoms. The molecular weight excluding hydrogens is 302 g/mol. The van der Waals surface area contributed by atoms with Crippen LogP contribution in [0.1, 0.15) is 19.4 Å². The first-order chi connectivity index (χ1) is 11.6. The summed E-state index contributed by atoms with van der Waals surface area (Å²) in [6.45, 7) is 13.9. The SMILES string of the molecule is CCN1CCN(C[C@@H](C)CNC(=O)COc2ccc(C)cc2)CC1. The molecule has 1 aromatic rings. The average molecular weight is 333 g/mol. The molecule has 1 aromatic carbocycles. The summed E-state index contributed by atoms with van der Waals surface area (Å²) < 4.78 is 5.50. The Balaban J connectivity index is 1.60. The van der Waals surface area contributed by atoms with Gasteiger partial charge in [0.1, 0.15) is 5.75 Å². The Morgan fingerprint density at radius 3 is 2.42 bits per heavy atom. The van der Waals surface area contributed by atoms with E-state index < -0.39 is 0 Å². The average Bonchev–Trinajstić information content (AvgIpc) is 2.60. The van der Waals surface area contributed by atoms with Crippen LogP contribution in [0.2, 0.25) is 0 Å². The molecule has 1 heterocycles. The molecule has 1 atom stereocenters. The number of rotatable bonds is 8. The summed E-state index contributed by atoms with van der Waals surface area (Å²) in [7, 11) is 0. The summed E-state index contributed by atoms with van der Waals surface area (Å²) in [6, 6.07) is 7.74. The lowest BCUT2D eigenvalue weighted by molar-refractivity contribution is -0.123. The smallest absolute Gasteiger partial charge is 0.257 e. The van der Waals surface area contributed by atoms with Gasteiger partial charge in [-0.15, -0.1) is 0 Å². The predicted molar refractivity (Wildman–Crippen MR) is 97.4 cm³/mol. The molecule has 0 radical (unpaired) electrons. The lowest BCUT2D eigenvalue weighted by Gasteiger charge is -2.35. The van der Waals surface area contributed by atoms with Crippen molar-refractivity contribution in [1.82, 2.24) is 15.1 Å². The minimum absolute atomic E-state index is 0.0572. The third kappa shape index (κ3) is 6.49. The largest absolute Gasteiger partial charge is 0.484 e. The van der Waals surface area contributed by atoms with Crippen LogP contribution in [-0.4, -0.2) is 68.1 Å². The van der Waals surface area contributed by atoms with E-state index in [0.29, 0.717) is 12.5 Å². The minimum atomic E-state index is -0.0572. The van der Waals surface area contributed by atoms with Crippen LogP contribution in [-0.2, 0) is 4.79 Å². The van der Waals surface area contributed by atoms with Gasteiger partial charge >= 0.3 is 0 Å². The van der Waals surface area contributed by atoms with Crippen molar-refractivity contribution < 1.29 is 9.53 Å². The molecular formula is C19H31N3O2. The lowest BCUT2D eigenvalue weighted by Crippen LogP contribution is -2.48. The van der Waals surface area contributed by atoms with Gasteiger partial charge in [-0.1, -0.05) is 31.5 Å².